The number of hydrogen-bond acceptors (Lipinski definition) is 3. The standard InChI is InChI=1S/C15H19NOS/c1-5-11-12-6-10(12)7-13(15(11)17-4)14(8-16)18-9(2)3/h5,8-9,12H,1,6,16H2,2-4H3/b14-8-. The fourth-order valence-electron chi connectivity index (χ4n) is 2.18. The summed E-state index contributed by atoms with van der Waals surface area (Å²) in [5.41, 5.74) is 12.7. The van der Waals surface area contributed by atoms with E-state index in [-0.39, 0.29) is 0 Å². The zero-order valence-electron chi connectivity index (χ0n) is 11.1. The van der Waals surface area contributed by atoms with Crippen LogP contribution >= 0.6 is 11.8 Å². The van der Waals surface area contributed by atoms with Crippen molar-refractivity contribution in [3.63, 3.8) is 0 Å². The van der Waals surface area contributed by atoms with Crippen LogP contribution in [0.15, 0.2) is 52.0 Å². The van der Waals surface area contributed by atoms with Crippen LogP contribution in [-0.2, 0) is 4.74 Å². The van der Waals surface area contributed by atoms with Crippen LogP contribution in [0, 0.1) is 5.92 Å². The first kappa shape index (κ1) is 13.1. The van der Waals surface area contributed by atoms with Crippen molar-refractivity contribution in [1.82, 2.24) is 0 Å². The lowest BCUT2D eigenvalue weighted by atomic mass is 10.0. The number of fused-ring (bicyclic) bond motifs is 1. The summed E-state index contributed by atoms with van der Waals surface area (Å²) < 4.78 is 5.55. The van der Waals surface area contributed by atoms with Gasteiger partial charge >= 0.3 is 0 Å². The second-order valence-corrected chi connectivity index (χ2v) is 6.29. The Kier molecular flexibility index (Phi) is 3.74. The quantitative estimate of drug-likeness (QED) is 0.769. The van der Waals surface area contributed by atoms with Crippen molar-refractivity contribution >= 4 is 11.8 Å². The van der Waals surface area contributed by atoms with Crippen LogP contribution in [0.3, 0.4) is 0 Å². The van der Waals surface area contributed by atoms with E-state index in [4.69, 9.17) is 10.5 Å². The predicted octanol–water partition coefficient (Wildman–Crippen LogP) is 3.50. The van der Waals surface area contributed by atoms with Crippen molar-refractivity contribution < 1.29 is 4.74 Å². The summed E-state index contributed by atoms with van der Waals surface area (Å²) in [5.74, 6) is 1.35. The van der Waals surface area contributed by atoms with Crippen molar-refractivity contribution in [2.75, 3.05) is 7.11 Å². The molecule has 1 saturated carbocycles. The van der Waals surface area contributed by atoms with Crippen LogP contribution in [0.2, 0.25) is 0 Å². The Morgan fingerprint density at radius 3 is 2.83 bits per heavy atom. The molecule has 2 rings (SSSR count). The summed E-state index contributed by atoms with van der Waals surface area (Å²) in [4.78, 5) is 1.03. The van der Waals surface area contributed by atoms with E-state index >= 15 is 0 Å². The minimum atomic E-state index is 0.473. The first-order chi connectivity index (χ1) is 8.62. The van der Waals surface area contributed by atoms with Crippen LogP contribution < -0.4 is 5.73 Å². The fourth-order valence-corrected chi connectivity index (χ4v) is 3.03. The topological polar surface area (TPSA) is 35.2 Å². The maximum absolute atomic E-state index is 5.76. The number of thioether (sulfide) groups is 1. The highest BCUT2D eigenvalue weighted by Gasteiger charge is 2.38. The summed E-state index contributed by atoms with van der Waals surface area (Å²) in [6.45, 7) is 8.19. The first-order valence-electron chi connectivity index (χ1n) is 6.11. The summed E-state index contributed by atoms with van der Waals surface area (Å²) in [7, 11) is 1.70. The Morgan fingerprint density at radius 2 is 2.33 bits per heavy atom. The molecule has 2 aliphatic carbocycles. The Hall–Kier alpha value is -1.31. The molecule has 0 bridgehead atoms. The minimum absolute atomic E-state index is 0.473. The van der Waals surface area contributed by atoms with E-state index in [0.717, 1.165) is 22.7 Å². The van der Waals surface area contributed by atoms with Crippen LogP contribution in [0.4, 0.5) is 0 Å². The van der Waals surface area contributed by atoms with Gasteiger partial charge in [-0.3, -0.25) is 0 Å². The third kappa shape index (κ3) is 2.29. The lowest BCUT2D eigenvalue weighted by Crippen LogP contribution is -2.05. The first-order valence-corrected chi connectivity index (χ1v) is 6.99. The minimum Gasteiger partial charge on any atom is -0.495 e. The number of methoxy groups -OCH3 is 1. The van der Waals surface area contributed by atoms with Gasteiger partial charge in [-0.25, -0.2) is 0 Å². The van der Waals surface area contributed by atoms with Gasteiger partial charge in [0.25, 0.3) is 0 Å². The van der Waals surface area contributed by atoms with E-state index in [0.29, 0.717) is 11.2 Å². The van der Waals surface area contributed by atoms with Gasteiger partial charge in [0.05, 0.1) is 12.7 Å². The average molecular weight is 261 g/mol. The molecule has 3 heteroatoms. The van der Waals surface area contributed by atoms with Gasteiger partial charge < -0.3 is 10.5 Å². The normalized spacial score (nSPS) is 22.4. The molecule has 0 heterocycles. The fraction of sp³-hybridized carbons (Fsp3) is 0.400. The molecule has 0 aromatic rings. The van der Waals surface area contributed by atoms with E-state index in [1.807, 2.05) is 6.08 Å². The molecule has 0 amide bonds. The van der Waals surface area contributed by atoms with E-state index in [1.54, 1.807) is 25.1 Å². The number of nitrogens with two attached hydrogens (primary N) is 1. The highest BCUT2D eigenvalue weighted by Crippen LogP contribution is 2.50. The summed E-state index contributed by atoms with van der Waals surface area (Å²) >= 11 is 1.73. The summed E-state index contributed by atoms with van der Waals surface area (Å²) in [6.07, 6.45) is 4.61. The van der Waals surface area contributed by atoms with Gasteiger partial charge in [-0.2, -0.15) is 0 Å². The molecule has 2 aliphatic rings. The van der Waals surface area contributed by atoms with Crippen LogP contribution in [0.5, 0.6) is 0 Å². The lowest BCUT2D eigenvalue weighted by Gasteiger charge is -2.18. The van der Waals surface area contributed by atoms with Gasteiger partial charge in [-0.05, 0) is 12.0 Å². The molecule has 0 aliphatic heterocycles. The van der Waals surface area contributed by atoms with Crippen LogP contribution in [0.1, 0.15) is 20.3 Å². The largest absolute Gasteiger partial charge is 0.495 e. The molecule has 0 spiro atoms. The molecule has 0 aromatic carbocycles. The van der Waals surface area contributed by atoms with Crippen molar-refractivity contribution in [3.05, 3.63) is 52.0 Å². The van der Waals surface area contributed by atoms with Crippen molar-refractivity contribution in [3.8, 4) is 0 Å². The number of ether oxygens (including phenoxy) is 1. The molecule has 96 valence electrons. The Balaban J connectivity index is 2.45. The zero-order chi connectivity index (χ0) is 13.3. The van der Waals surface area contributed by atoms with E-state index in [1.165, 1.54) is 11.1 Å². The average Bonchev–Trinajstić information content (AvgIpc) is 3.12. The second kappa shape index (κ2) is 5.13. The molecular weight excluding hydrogens is 242 g/mol. The number of rotatable bonds is 5. The maximum atomic E-state index is 5.76. The second-order valence-electron chi connectivity index (χ2n) is 4.67. The van der Waals surface area contributed by atoms with Crippen molar-refractivity contribution in [2.45, 2.75) is 25.5 Å². The molecule has 18 heavy (non-hydrogen) atoms. The van der Waals surface area contributed by atoms with Gasteiger partial charge in [0.1, 0.15) is 5.76 Å². The van der Waals surface area contributed by atoms with Crippen molar-refractivity contribution in [2.24, 2.45) is 11.7 Å². The van der Waals surface area contributed by atoms with Gasteiger partial charge in [0.2, 0.25) is 0 Å². The predicted molar refractivity (Wildman–Crippen MR) is 77.9 cm³/mol. The number of hydrogen-bond donors (Lipinski definition) is 1. The highest BCUT2D eigenvalue weighted by atomic mass is 32.2. The molecule has 2 nitrogen and oxygen atoms in total. The molecule has 1 fully saturated rings. The van der Waals surface area contributed by atoms with Crippen molar-refractivity contribution in [1.29, 1.82) is 0 Å². The van der Waals surface area contributed by atoms with Gasteiger partial charge in [0.15, 0.2) is 0 Å². The molecule has 0 saturated heterocycles. The molecular formula is C15H19NOS. The molecule has 1 unspecified atom stereocenters. The van der Waals surface area contributed by atoms with E-state index in [9.17, 15) is 0 Å². The van der Waals surface area contributed by atoms with Crippen LogP contribution in [0.25, 0.3) is 0 Å². The molecule has 1 atom stereocenters. The Labute approximate surface area is 113 Å². The maximum Gasteiger partial charge on any atom is 0.138 e. The van der Waals surface area contributed by atoms with E-state index < -0.39 is 0 Å². The monoisotopic (exact) mass is 261 g/mol. The summed E-state index contributed by atoms with van der Waals surface area (Å²) in [6, 6.07) is 0. The van der Waals surface area contributed by atoms with Gasteiger partial charge in [-0.15, -0.1) is 17.5 Å². The Bertz CT molecular complexity index is 505. The lowest BCUT2D eigenvalue weighted by molar-refractivity contribution is 0.297. The highest BCUT2D eigenvalue weighted by molar-refractivity contribution is 8.03. The SMILES string of the molecule is C=CC1=C(OC)C(/C(=C/N)SC(C)C)=C=C2CC21. The van der Waals surface area contributed by atoms with Gasteiger partial charge in [0, 0.05) is 27.8 Å². The third-order valence-electron chi connectivity index (χ3n) is 3.02. The zero-order valence-corrected chi connectivity index (χ0v) is 11.9. The molecule has 0 aromatic heterocycles. The smallest absolute Gasteiger partial charge is 0.138 e. The third-order valence-corrected chi connectivity index (χ3v) is 4.08. The Morgan fingerprint density at radius 1 is 1.61 bits per heavy atom. The molecule has 2 N–H and O–H groups in total. The molecule has 0 radical (unpaired) electrons. The number of allylic oxidation sites excluding steroid dienone is 3. The van der Waals surface area contributed by atoms with Crippen LogP contribution in [-0.4, -0.2) is 12.4 Å². The van der Waals surface area contributed by atoms with E-state index in [2.05, 4.69) is 26.2 Å². The van der Waals surface area contributed by atoms with Gasteiger partial charge in [-0.1, -0.05) is 26.5 Å². The summed E-state index contributed by atoms with van der Waals surface area (Å²) in [5, 5.41) is 0.473.